The van der Waals surface area contributed by atoms with Crippen molar-refractivity contribution < 1.29 is 8.83 Å². The van der Waals surface area contributed by atoms with E-state index >= 15 is 0 Å². The van der Waals surface area contributed by atoms with E-state index in [1.54, 1.807) is 0 Å². The summed E-state index contributed by atoms with van der Waals surface area (Å²) in [7, 11) is 0. The first-order valence-electron chi connectivity index (χ1n) is 23.6. The molecule has 5 heterocycles. The third kappa shape index (κ3) is 5.68. The van der Waals surface area contributed by atoms with Crippen LogP contribution in [0.4, 0.5) is 0 Å². The number of aromatic nitrogens is 4. The van der Waals surface area contributed by atoms with Crippen LogP contribution in [0, 0.1) is 0 Å². The second-order valence-electron chi connectivity index (χ2n) is 18.0. The topological polar surface area (TPSA) is 61.9 Å². The third-order valence-electron chi connectivity index (χ3n) is 14.1. The fourth-order valence-corrected chi connectivity index (χ4v) is 11.1. The number of benzene rings is 10. The zero-order valence-electron chi connectivity index (χ0n) is 37.5. The molecule has 0 saturated heterocycles. The van der Waals surface area contributed by atoms with Gasteiger partial charge in [-0.25, -0.2) is 9.97 Å². The van der Waals surface area contributed by atoms with Crippen molar-refractivity contribution in [1.29, 1.82) is 0 Å². The summed E-state index contributed by atoms with van der Waals surface area (Å²) in [5.74, 6) is 0.605. The van der Waals surface area contributed by atoms with Crippen molar-refractivity contribution in [3.8, 4) is 56.4 Å². The number of para-hydroxylation sites is 7. The predicted octanol–water partition coefficient (Wildman–Crippen LogP) is 17.1. The summed E-state index contributed by atoms with van der Waals surface area (Å²) in [4.78, 5) is 11.2. The van der Waals surface area contributed by atoms with E-state index in [1.165, 1.54) is 32.6 Å². The van der Waals surface area contributed by atoms with Crippen LogP contribution >= 0.6 is 0 Å². The largest absolute Gasteiger partial charge is 0.455 e. The number of hydrogen-bond acceptors (Lipinski definition) is 4. The molecule has 0 aliphatic carbocycles. The molecular formula is C64H38N4O2. The molecule has 6 heteroatoms. The van der Waals surface area contributed by atoms with Gasteiger partial charge in [0.25, 0.3) is 0 Å². The second-order valence-corrected chi connectivity index (χ2v) is 18.0. The molecule has 0 spiro atoms. The van der Waals surface area contributed by atoms with E-state index in [9.17, 15) is 0 Å². The Morgan fingerprint density at radius 2 is 0.729 bits per heavy atom. The monoisotopic (exact) mass is 894 g/mol. The highest BCUT2D eigenvalue weighted by atomic mass is 16.3. The Bertz CT molecular complexity index is 4420. The summed E-state index contributed by atoms with van der Waals surface area (Å²) in [6.45, 7) is 0. The summed E-state index contributed by atoms with van der Waals surface area (Å²) < 4.78 is 18.4. The Kier molecular flexibility index (Phi) is 8.26. The average molecular weight is 895 g/mol. The molecule has 326 valence electrons. The van der Waals surface area contributed by atoms with Gasteiger partial charge in [-0.3, -0.25) is 0 Å². The molecule has 0 atom stereocenters. The van der Waals surface area contributed by atoms with Gasteiger partial charge in [-0.15, -0.1) is 0 Å². The fraction of sp³-hybridized carbons (Fsp3) is 0. The fourth-order valence-electron chi connectivity index (χ4n) is 11.1. The van der Waals surface area contributed by atoms with Gasteiger partial charge in [-0.1, -0.05) is 158 Å². The lowest BCUT2D eigenvalue weighted by Gasteiger charge is -2.18. The highest BCUT2D eigenvalue weighted by molar-refractivity contribution is 6.15. The lowest BCUT2D eigenvalue weighted by Crippen LogP contribution is -2.02. The zero-order chi connectivity index (χ0) is 45.9. The normalized spacial score (nSPS) is 12.0. The Morgan fingerprint density at radius 1 is 0.300 bits per heavy atom. The van der Waals surface area contributed by atoms with Crippen molar-refractivity contribution >= 4 is 87.5 Å². The van der Waals surface area contributed by atoms with Crippen LogP contribution in [0.1, 0.15) is 0 Å². The van der Waals surface area contributed by atoms with E-state index in [0.29, 0.717) is 5.82 Å². The molecule has 15 aromatic rings. The van der Waals surface area contributed by atoms with E-state index in [2.05, 4.69) is 197 Å². The zero-order valence-corrected chi connectivity index (χ0v) is 37.5. The summed E-state index contributed by atoms with van der Waals surface area (Å²) in [6, 6.07) is 81.3. The molecule has 0 aliphatic heterocycles. The number of nitrogens with zero attached hydrogens (tertiary/aromatic N) is 4. The Labute approximate surface area is 400 Å². The first kappa shape index (κ1) is 38.6. The molecule has 6 nitrogen and oxygen atoms in total. The van der Waals surface area contributed by atoms with Gasteiger partial charge >= 0.3 is 0 Å². The van der Waals surface area contributed by atoms with E-state index in [4.69, 9.17) is 18.8 Å². The van der Waals surface area contributed by atoms with Gasteiger partial charge < -0.3 is 18.0 Å². The number of fused-ring (bicyclic) bond motifs is 12. The molecule has 0 radical (unpaired) electrons. The van der Waals surface area contributed by atoms with Gasteiger partial charge in [0.05, 0.1) is 33.5 Å². The van der Waals surface area contributed by atoms with Gasteiger partial charge in [0.2, 0.25) is 0 Å². The van der Waals surface area contributed by atoms with Crippen molar-refractivity contribution in [2.45, 2.75) is 0 Å². The quantitative estimate of drug-likeness (QED) is 0.167. The van der Waals surface area contributed by atoms with Gasteiger partial charge in [0.15, 0.2) is 5.82 Å². The maximum Gasteiger partial charge on any atom is 0.160 e. The number of rotatable bonds is 6. The molecule has 70 heavy (non-hydrogen) atoms. The van der Waals surface area contributed by atoms with Crippen LogP contribution in [0.15, 0.2) is 239 Å². The van der Waals surface area contributed by atoms with Gasteiger partial charge in [-0.2, -0.15) is 0 Å². The molecule has 0 bridgehead atoms. The minimum atomic E-state index is 0.605. The van der Waals surface area contributed by atoms with Crippen molar-refractivity contribution in [3.05, 3.63) is 231 Å². The SMILES string of the molecule is c1ccc(-c2nc(-c3cccc4c3oc3ccccc34)c(-c3cccc(-n4c5ccccc5c5cc(-n6c7ccccc7c7ccccc76)ccc54)c3)c(-c3cccc4c3oc3ccccc34)n2)cc1. The molecule has 0 aliphatic rings. The van der Waals surface area contributed by atoms with E-state index in [1.807, 2.05) is 42.5 Å². The van der Waals surface area contributed by atoms with E-state index in [0.717, 1.165) is 105 Å². The van der Waals surface area contributed by atoms with E-state index in [-0.39, 0.29) is 0 Å². The van der Waals surface area contributed by atoms with Crippen LogP contribution in [-0.2, 0) is 0 Å². The van der Waals surface area contributed by atoms with Crippen LogP contribution in [0.25, 0.3) is 144 Å². The van der Waals surface area contributed by atoms with Crippen molar-refractivity contribution in [2.75, 3.05) is 0 Å². The predicted molar refractivity (Wildman–Crippen MR) is 287 cm³/mol. The number of furan rings is 2. The molecule has 10 aromatic carbocycles. The summed E-state index contributed by atoms with van der Waals surface area (Å²) in [5, 5.41) is 9.00. The molecule has 0 unspecified atom stereocenters. The molecule has 0 saturated carbocycles. The summed E-state index contributed by atoms with van der Waals surface area (Å²) in [5.41, 5.74) is 15.9. The first-order valence-corrected chi connectivity index (χ1v) is 23.6. The molecule has 0 N–H and O–H groups in total. The van der Waals surface area contributed by atoms with Gasteiger partial charge in [-0.05, 0) is 78.4 Å². The summed E-state index contributed by atoms with van der Waals surface area (Å²) in [6.07, 6.45) is 0. The minimum Gasteiger partial charge on any atom is -0.455 e. The molecule has 15 rings (SSSR count). The lowest BCUT2D eigenvalue weighted by molar-refractivity contribution is 0.669. The van der Waals surface area contributed by atoms with Crippen molar-refractivity contribution in [3.63, 3.8) is 0 Å². The molecule has 0 fully saturated rings. The maximum absolute atomic E-state index is 6.81. The molecule has 5 aromatic heterocycles. The van der Waals surface area contributed by atoms with Gasteiger partial charge in [0.1, 0.15) is 22.3 Å². The average Bonchev–Trinajstić information content (AvgIpc) is 4.19. The third-order valence-corrected chi connectivity index (χ3v) is 14.1. The van der Waals surface area contributed by atoms with Crippen molar-refractivity contribution in [1.82, 2.24) is 19.1 Å². The first-order chi connectivity index (χ1) is 34.7. The molecular weight excluding hydrogens is 857 g/mol. The highest BCUT2D eigenvalue weighted by Gasteiger charge is 2.26. The lowest BCUT2D eigenvalue weighted by atomic mass is 9.92. The van der Waals surface area contributed by atoms with Crippen LogP contribution in [0.2, 0.25) is 0 Å². The van der Waals surface area contributed by atoms with Gasteiger partial charge in [0, 0.05) is 76.7 Å². The Morgan fingerprint density at radius 3 is 1.30 bits per heavy atom. The van der Waals surface area contributed by atoms with Crippen LogP contribution < -0.4 is 0 Å². The minimum absolute atomic E-state index is 0.605. The highest BCUT2D eigenvalue weighted by Crippen LogP contribution is 2.47. The number of hydrogen-bond donors (Lipinski definition) is 0. The van der Waals surface area contributed by atoms with Crippen LogP contribution in [-0.4, -0.2) is 19.1 Å². The van der Waals surface area contributed by atoms with E-state index < -0.39 is 0 Å². The summed E-state index contributed by atoms with van der Waals surface area (Å²) >= 11 is 0. The Balaban J connectivity index is 1.01. The maximum atomic E-state index is 6.81. The molecule has 0 amide bonds. The second kappa shape index (κ2) is 15.0. The van der Waals surface area contributed by atoms with Crippen LogP contribution in [0.3, 0.4) is 0 Å². The standard InChI is InChI=1S/C64H38N4O2/c1-2-17-39(18-3-1)64-65-60(50-28-15-26-48-46-24-7-12-33-57(46)69-62(48)50)59(61(66-64)51-29-16-27-49-47-25-8-13-34-58(47)70-63(49)51)40-19-14-20-41(37-40)67-55-32-11-6-23-45(55)52-38-42(35-36-56(52)67)68-53-30-9-4-21-43(53)44-22-5-10-31-54(44)68/h1-38H. The van der Waals surface area contributed by atoms with Crippen molar-refractivity contribution in [2.24, 2.45) is 0 Å². The smallest absolute Gasteiger partial charge is 0.160 e. The Hall–Kier alpha value is -9.52. The van der Waals surface area contributed by atoms with Crippen LogP contribution in [0.5, 0.6) is 0 Å².